The molecule has 182 valence electrons. The second-order valence-corrected chi connectivity index (χ2v) is 7.14. The molecule has 0 radical (unpaired) electrons. The Kier molecular flexibility index (Phi) is 11.8. The first-order valence-electron chi connectivity index (χ1n) is 9.49. The van der Waals surface area contributed by atoms with Crippen molar-refractivity contribution < 1.29 is 44.1 Å². The lowest BCUT2D eigenvalue weighted by molar-refractivity contribution is -0.143. The molecule has 0 spiro atoms. The minimum atomic E-state index is -1.68. The smallest absolute Gasteiger partial charge is 0.326 e. The first-order valence-corrected chi connectivity index (χ1v) is 9.49. The number of nitrogens with one attached hydrogen (secondary N) is 3. The second-order valence-electron chi connectivity index (χ2n) is 7.14. The fourth-order valence-electron chi connectivity index (χ4n) is 2.43. The van der Waals surface area contributed by atoms with E-state index in [0.717, 1.165) is 13.8 Å². The van der Waals surface area contributed by atoms with Crippen molar-refractivity contribution in [1.29, 1.82) is 0 Å². The normalized spacial score (nSPS) is 16.4. The van der Waals surface area contributed by atoms with Crippen LogP contribution in [0.4, 0.5) is 0 Å². The molecule has 0 saturated heterocycles. The Labute approximate surface area is 183 Å². The van der Waals surface area contributed by atoms with Crippen molar-refractivity contribution >= 4 is 35.5 Å². The van der Waals surface area contributed by atoms with Gasteiger partial charge < -0.3 is 48.5 Å². The Hall–Kier alpha value is -3.30. The van der Waals surface area contributed by atoms with Gasteiger partial charge in [-0.1, -0.05) is 0 Å². The van der Waals surface area contributed by atoms with Gasteiger partial charge >= 0.3 is 5.97 Å². The van der Waals surface area contributed by atoms with Crippen LogP contribution in [0.3, 0.4) is 0 Å². The van der Waals surface area contributed by atoms with Crippen molar-refractivity contribution in [3.63, 3.8) is 0 Å². The zero-order valence-corrected chi connectivity index (χ0v) is 17.6. The first kappa shape index (κ1) is 28.7. The molecule has 0 aromatic carbocycles. The lowest BCUT2D eigenvalue weighted by Crippen LogP contribution is -2.62. The third-order valence-corrected chi connectivity index (χ3v) is 4.18. The fourth-order valence-corrected chi connectivity index (χ4v) is 2.43. The van der Waals surface area contributed by atoms with Gasteiger partial charge in [-0.15, -0.1) is 0 Å². The lowest BCUT2D eigenvalue weighted by atomic mass is 10.1. The van der Waals surface area contributed by atoms with Crippen molar-refractivity contribution in [3.8, 4) is 0 Å². The molecule has 6 atom stereocenters. The van der Waals surface area contributed by atoms with E-state index in [9.17, 15) is 39.0 Å². The molecule has 32 heavy (non-hydrogen) atoms. The predicted octanol–water partition coefficient (Wildman–Crippen LogP) is -5.24. The standard InChI is InChI=1S/C17H30N6O9/c1-6(24)12(15(29)21-9(17(31)32)3-4-10(19)26)23-16(30)13(7(2)25)22-14(28)8(18)5-11(20)27/h6-9,12-13,24-25H,3-5,18H2,1-2H3,(H2,19,26)(H2,20,27)(H,21,29)(H,22,28)(H,23,30)(H,31,32). The van der Waals surface area contributed by atoms with Gasteiger partial charge in [0.2, 0.25) is 29.5 Å². The van der Waals surface area contributed by atoms with E-state index in [2.05, 4.69) is 16.0 Å². The van der Waals surface area contributed by atoms with E-state index in [0.29, 0.717) is 0 Å². The van der Waals surface area contributed by atoms with Crippen molar-refractivity contribution in [2.75, 3.05) is 0 Å². The minimum Gasteiger partial charge on any atom is -0.480 e. The van der Waals surface area contributed by atoms with Crippen LogP contribution in [0.1, 0.15) is 33.1 Å². The number of amides is 5. The molecule has 0 aliphatic carbocycles. The third-order valence-electron chi connectivity index (χ3n) is 4.18. The number of aliphatic carboxylic acids is 1. The summed E-state index contributed by atoms with van der Waals surface area (Å²) in [5.74, 6) is -6.35. The molecule has 0 heterocycles. The molecule has 0 aromatic rings. The number of hydrogen-bond donors (Lipinski definition) is 9. The summed E-state index contributed by atoms with van der Waals surface area (Å²) in [4.78, 5) is 70.0. The molecule has 0 aromatic heterocycles. The number of carbonyl (C=O) groups is 6. The van der Waals surface area contributed by atoms with Gasteiger partial charge in [-0.25, -0.2) is 4.79 Å². The SMILES string of the molecule is CC(O)C(NC(=O)C(N)CC(N)=O)C(=O)NC(C(=O)NC(CCC(N)=O)C(=O)O)C(C)O. The van der Waals surface area contributed by atoms with Crippen LogP contribution in [0, 0.1) is 0 Å². The highest BCUT2D eigenvalue weighted by Crippen LogP contribution is 2.03. The van der Waals surface area contributed by atoms with E-state index in [1.54, 1.807) is 0 Å². The Bertz CT molecular complexity index is 727. The number of carboxylic acids is 1. The highest BCUT2D eigenvalue weighted by Gasteiger charge is 2.34. The Balaban J connectivity index is 5.36. The van der Waals surface area contributed by atoms with Crippen molar-refractivity contribution in [2.45, 2.75) is 69.5 Å². The summed E-state index contributed by atoms with van der Waals surface area (Å²) >= 11 is 0. The largest absolute Gasteiger partial charge is 0.480 e. The van der Waals surface area contributed by atoms with Gasteiger partial charge in [0, 0.05) is 6.42 Å². The number of nitrogens with two attached hydrogens (primary N) is 3. The maximum Gasteiger partial charge on any atom is 0.326 e. The van der Waals surface area contributed by atoms with Crippen LogP contribution in [0.2, 0.25) is 0 Å². The van der Waals surface area contributed by atoms with E-state index < -0.39 is 78.3 Å². The Morgan fingerprint density at radius 2 is 1.22 bits per heavy atom. The summed E-state index contributed by atoms with van der Waals surface area (Å²) in [6.45, 7) is 2.27. The summed E-state index contributed by atoms with van der Waals surface area (Å²) in [7, 11) is 0. The third kappa shape index (κ3) is 10.1. The van der Waals surface area contributed by atoms with Gasteiger partial charge in [0.25, 0.3) is 0 Å². The topological polar surface area (TPSA) is 277 Å². The molecule has 0 aliphatic heterocycles. The van der Waals surface area contributed by atoms with Crippen LogP contribution in [0.15, 0.2) is 0 Å². The van der Waals surface area contributed by atoms with E-state index in [-0.39, 0.29) is 12.8 Å². The van der Waals surface area contributed by atoms with E-state index in [1.807, 2.05) is 0 Å². The van der Waals surface area contributed by atoms with Gasteiger partial charge in [-0.3, -0.25) is 24.0 Å². The van der Waals surface area contributed by atoms with Crippen LogP contribution in [-0.2, 0) is 28.8 Å². The molecule has 0 rings (SSSR count). The van der Waals surface area contributed by atoms with Crippen LogP contribution in [-0.4, -0.2) is 87.2 Å². The number of aliphatic hydroxyl groups excluding tert-OH is 2. The summed E-state index contributed by atoms with van der Waals surface area (Å²) < 4.78 is 0. The van der Waals surface area contributed by atoms with Crippen LogP contribution < -0.4 is 33.2 Å². The molecule has 6 unspecified atom stereocenters. The van der Waals surface area contributed by atoms with Gasteiger partial charge in [-0.05, 0) is 20.3 Å². The second kappa shape index (κ2) is 13.2. The number of carboxylic acid groups (broad SMARTS) is 1. The number of rotatable bonds is 14. The minimum absolute atomic E-state index is 0.332. The molecular formula is C17H30N6O9. The summed E-state index contributed by atoms with van der Waals surface area (Å²) in [6.07, 6.45) is -4.21. The van der Waals surface area contributed by atoms with Crippen molar-refractivity contribution in [2.24, 2.45) is 17.2 Å². The maximum atomic E-state index is 12.5. The molecule has 0 bridgehead atoms. The Morgan fingerprint density at radius 3 is 1.59 bits per heavy atom. The van der Waals surface area contributed by atoms with E-state index in [1.165, 1.54) is 0 Å². The van der Waals surface area contributed by atoms with Crippen LogP contribution in [0.5, 0.6) is 0 Å². The molecule has 5 amide bonds. The zero-order chi connectivity index (χ0) is 25.2. The van der Waals surface area contributed by atoms with Crippen LogP contribution in [0.25, 0.3) is 0 Å². The number of primary amides is 2. The lowest BCUT2D eigenvalue weighted by Gasteiger charge is -2.27. The highest BCUT2D eigenvalue weighted by molar-refractivity contribution is 5.95. The quantitative estimate of drug-likeness (QED) is 0.118. The van der Waals surface area contributed by atoms with Crippen LogP contribution >= 0.6 is 0 Å². The average Bonchev–Trinajstić information content (AvgIpc) is 2.65. The van der Waals surface area contributed by atoms with E-state index in [4.69, 9.17) is 22.3 Å². The molecule has 15 nitrogen and oxygen atoms in total. The monoisotopic (exact) mass is 462 g/mol. The molecule has 0 fully saturated rings. The summed E-state index contributed by atoms with van der Waals surface area (Å²) in [6, 6.07) is -6.26. The van der Waals surface area contributed by atoms with Gasteiger partial charge in [0.05, 0.1) is 24.7 Å². The molecule has 15 heteroatoms. The molecule has 0 saturated carbocycles. The van der Waals surface area contributed by atoms with E-state index >= 15 is 0 Å². The van der Waals surface area contributed by atoms with Gasteiger partial charge in [0.1, 0.15) is 18.1 Å². The number of carbonyl (C=O) groups excluding carboxylic acids is 5. The number of hydrogen-bond acceptors (Lipinski definition) is 9. The van der Waals surface area contributed by atoms with Crippen molar-refractivity contribution in [1.82, 2.24) is 16.0 Å². The van der Waals surface area contributed by atoms with Crippen molar-refractivity contribution in [3.05, 3.63) is 0 Å². The predicted molar refractivity (Wildman–Crippen MR) is 107 cm³/mol. The zero-order valence-electron chi connectivity index (χ0n) is 17.6. The van der Waals surface area contributed by atoms with Gasteiger partial charge in [0.15, 0.2) is 0 Å². The number of aliphatic hydroxyl groups is 2. The molecule has 12 N–H and O–H groups in total. The maximum absolute atomic E-state index is 12.5. The fraction of sp³-hybridized carbons (Fsp3) is 0.647. The Morgan fingerprint density at radius 1 is 0.781 bits per heavy atom. The molecule has 0 aliphatic rings. The summed E-state index contributed by atoms with van der Waals surface area (Å²) in [5, 5.41) is 35.1. The average molecular weight is 462 g/mol. The molecular weight excluding hydrogens is 432 g/mol. The first-order chi connectivity index (χ1) is 14.7. The highest BCUT2D eigenvalue weighted by atomic mass is 16.4. The van der Waals surface area contributed by atoms with Gasteiger partial charge in [-0.2, -0.15) is 0 Å². The summed E-state index contributed by atoms with van der Waals surface area (Å²) in [5.41, 5.74) is 15.4.